The van der Waals surface area contributed by atoms with Gasteiger partial charge in [0.15, 0.2) is 17.3 Å². The van der Waals surface area contributed by atoms with Gasteiger partial charge in [0, 0.05) is 18.5 Å². The molecule has 0 bridgehead atoms. The largest absolute Gasteiger partial charge is 0.502 e. The summed E-state index contributed by atoms with van der Waals surface area (Å²) in [7, 11) is 4.51. The topological polar surface area (TPSA) is 77.8 Å². The van der Waals surface area contributed by atoms with Crippen molar-refractivity contribution < 1.29 is 19.4 Å². The molecule has 1 heterocycles. The number of hydrogen-bond donors (Lipinski definition) is 1. The number of phenolic OH excluding ortho intramolecular Hbond substituents is 1. The predicted molar refractivity (Wildman–Crippen MR) is 103 cm³/mol. The molecule has 0 amide bonds. The Morgan fingerprint density at radius 2 is 1.73 bits per heavy atom. The summed E-state index contributed by atoms with van der Waals surface area (Å²) in [6.45, 7) is 5.50. The molecule has 2 rings (SSSR count). The minimum atomic E-state index is -0.512. The monoisotopic (exact) mass is 377 g/mol. The van der Waals surface area contributed by atoms with Crippen LogP contribution in [-0.2, 0) is 11.8 Å². The predicted octanol–water partition coefficient (Wildman–Crippen LogP) is 1.39. The van der Waals surface area contributed by atoms with Crippen LogP contribution >= 0.6 is 11.3 Å². The minimum absolute atomic E-state index is 0.0473. The zero-order valence-corrected chi connectivity index (χ0v) is 16.6. The van der Waals surface area contributed by atoms with Crippen molar-refractivity contribution in [1.29, 1.82) is 0 Å². The summed E-state index contributed by atoms with van der Waals surface area (Å²) in [5.41, 5.74) is -0.0696. The fourth-order valence-electron chi connectivity index (χ4n) is 2.18. The van der Waals surface area contributed by atoms with Gasteiger partial charge in [0.25, 0.3) is 5.56 Å². The van der Waals surface area contributed by atoms with Gasteiger partial charge in [-0.3, -0.25) is 9.59 Å². The van der Waals surface area contributed by atoms with Gasteiger partial charge in [0.1, 0.15) is 4.66 Å². The first-order valence-corrected chi connectivity index (χ1v) is 8.79. The number of methoxy groups -OCH3 is 2. The molecule has 6 nitrogen and oxygen atoms in total. The third-order valence-electron chi connectivity index (χ3n) is 3.85. The minimum Gasteiger partial charge on any atom is -0.502 e. The van der Waals surface area contributed by atoms with Crippen LogP contribution in [-0.4, -0.2) is 29.7 Å². The second-order valence-electron chi connectivity index (χ2n) is 6.85. The van der Waals surface area contributed by atoms with Crippen molar-refractivity contribution in [3.63, 3.8) is 0 Å². The molecule has 26 heavy (non-hydrogen) atoms. The molecule has 0 radical (unpaired) electrons. The number of carbonyl (C=O) groups is 1. The Morgan fingerprint density at radius 1 is 1.19 bits per heavy atom. The summed E-state index contributed by atoms with van der Waals surface area (Å²) in [5.74, 6) is 0.349. The van der Waals surface area contributed by atoms with Crippen molar-refractivity contribution in [2.24, 2.45) is 12.5 Å². The number of aromatic hydroxyl groups is 1. The smallest absolute Gasteiger partial charge is 0.268 e. The van der Waals surface area contributed by atoms with Gasteiger partial charge >= 0.3 is 0 Å². The van der Waals surface area contributed by atoms with E-state index < -0.39 is 5.41 Å². The highest BCUT2D eigenvalue weighted by molar-refractivity contribution is 7.07. The van der Waals surface area contributed by atoms with Crippen LogP contribution in [0.1, 0.15) is 26.3 Å². The maximum atomic E-state index is 12.5. The molecule has 2 aromatic rings. The van der Waals surface area contributed by atoms with Crippen LogP contribution in [0, 0.1) is 5.41 Å². The first-order valence-electron chi connectivity index (χ1n) is 7.97. The van der Waals surface area contributed by atoms with Gasteiger partial charge in [-0.15, -0.1) is 11.3 Å². The second-order valence-corrected chi connectivity index (χ2v) is 7.91. The van der Waals surface area contributed by atoms with Crippen molar-refractivity contribution >= 4 is 29.3 Å². The van der Waals surface area contributed by atoms with Crippen molar-refractivity contribution in [3.8, 4) is 17.2 Å². The zero-order valence-electron chi connectivity index (χ0n) is 15.7. The summed E-state index contributed by atoms with van der Waals surface area (Å²) in [6.07, 6.45) is 3.18. The zero-order chi connectivity index (χ0) is 19.6. The van der Waals surface area contributed by atoms with E-state index in [0.717, 1.165) is 0 Å². The SMILES string of the molecule is COc1cc(/C=c2\s/c(=C\C(=O)C(C)(C)C)n(C)c2=O)cc(OC)c1O. The van der Waals surface area contributed by atoms with Crippen LogP contribution in [0.25, 0.3) is 12.2 Å². The number of thiazole rings is 1. The normalized spacial score (nSPS) is 13.2. The highest BCUT2D eigenvalue weighted by atomic mass is 32.1. The molecule has 0 aliphatic carbocycles. The molecule has 1 N–H and O–H groups in total. The maximum absolute atomic E-state index is 12.5. The summed E-state index contributed by atoms with van der Waals surface area (Å²) in [5, 5.41) is 9.99. The van der Waals surface area contributed by atoms with Gasteiger partial charge in [-0.25, -0.2) is 0 Å². The molecule has 1 aromatic carbocycles. The number of ether oxygens (including phenoxy) is 2. The number of nitrogens with zero attached hydrogens (tertiary/aromatic N) is 1. The van der Waals surface area contributed by atoms with Crippen molar-refractivity contribution in [3.05, 3.63) is 37.2 Å². The number of phenols is 1. The molecule has 0 aliphatic rings. The van der Waals surface area contributed by atoms with Crippen LogP contribution in [0.2, 0.25) is 0 Å². The standard InChI is InChI=1S/C19H23NO5S/c1-19(2,3)15(21)10-16-20(4)18(23)14(26-16)9-11-7-12(24-5)17(22)13(8-11)25-6/h7-10,22H,1-6H3/b14-9-,16-10-. The number of aromatic nitrogens is 1. The van der Waals surface area contributed by atoms with E-state index in [4.69, 9.17) is 9.47 Å². The highest BCUT2D eigenvalue weighted by Crippen LogP contribution is 2.37. The Bertz CT molecular complexity index is 983. The molecule has 0 spiro atoms. The van der Waals surface area contributed by atoms with E-state index >= 15 is 0 Å². The molecule has 140 valence electrons. The molecule has 0 saturated heterocycles. The van der Waals surface area contributed by atoms with Gasteiger partial charge in [0.05, 0.1) is 18.8 Å². The van der Waals surface area contributed by atoms with Gasteiger partial charge in [-0.2, -0.15) is 0 Å². The van der Waals surface area contributed by atoms with Crippen LogP contribution in [0.15, 0.2) is 16.9 Å². The Morgan fingerprint density at radius 3 is 2.19 bits per heavy atom. The quantitative estimate of drug-likeness (QED) is 0.871. The molecule has 1 aromatic heterocycles. The average Bonchev–Trinajstić information content (AvgIpc) is 2.83. The molecule has 0 unspecified atom stereocenters. The summed E-state index contributed by atoms with van der Waals surface area (Å²) in [6, 6.07) is 3.22. The molecule has 0 saturated carbocycles. The van der Waals surface area contributed by atoms with Gasteiger partial charge in [-0.05, 0) is 23.8 Å². The number of hydrogen-bond acceptors (Lipinski definition) is 6. The summed E-state index contributed by atoms with van der Waals surface area (Å²) >= 11 is 1.23. The van der Waals surface area contributed by atoms with Crippen LogP contribution in [0.4, 0.5) is 0 Å². The van der Waals surface area contributed by atoms with Crippen LogP contribution in [0.3, 0.4) is 0 Å². The molecular weight excluding hydrogens is 354 g/mol. The Kier molecular flexibility index (Phi) is 5.61. The van der Waals surface area contributed by atoms with E-state index in [0.29, 0.717) is 14.8 Å². The first-order chi connectivity index (χ1) is 12.1. The van der Waals surface area contributed by atoms with E-state index in [1.165, 1.54) is 36.2 Å². The third kappa shape index (κ3) is 3.99. The lowest BCUT2D eigenvalue weighted by atomic mass is 9.91. The number of benzene rings is 1. The lowest BCUT2D eigenvalue weighted by molar-refractivity contribution is -0.120. The number of rotatable bonds is 4. The van der Waals surface area contributed by atoms with Gasteiger partial charge < -0.3 is 19.1 Å². The van der Waals surface area contributed by atoms with E-state index in [-0.39, 0.29) is 28.6 Å². The second kappa shape index (κ2) is 7.37. The Balaban J connectivity index is 2.64. The lowest BCUT2D eigenvalue weighted by Crippen LogP contribution is -2.30. The molecule has 0 fully saturated rings. The molecule has 0 aliphatic heterocycles. The van der Waals surface area contributed by atoms with Crippen molar-refractivity contribution in [2.75, 3.05) is 14.2 Å². The van der Waals surface area contributed by atoms with Gasteiger partial charge in [-0.1, -0.05) is 20.8 Å². The van der Waals surface area contributed by atoms with Crippen molar-refractivity contribution in [1.82, 2.24) is 4.57 Å². The molecule has 0 atom stereocenters. The van der Waals surface area contributed by atoms with Gasteiger partial charge in [0.2, 0.25) is 5.75 Å². The Labute approximate surface area is 155 Å². The average molecular weight is 377 g/mol. The van der Waals surface area contributed by atoms with Crippen LogP contribution < -0.4 is 24.2 Å². The number of ketones is 1. The van der Waals surface area contributed by atoms with E-state index in [1.807, 2.05) is 20.8 Å². The van der Waals surface area contributed by atoms with E-state index in [9.17, 15) is 14.7 Å². The van der Waals surface area contributed by atoms with Crippen LogP contribution in [0.5, 0.6) is 17.2 Å². The summed E-state index contributed by atoms with van der Waals surface area (Å²) in [4.78, 5) is 24.7. The van der Waals surface area contributed by atoms with E-state index in [1.54, 1.807) is 25.3 Å². The van der Waals surface area contributed by atoms with E-state index in [2.05, 4.69) is 0 Å². The first kappa shape index (κ1) is 19.8. The fourth-order valence-corrected chi connectivity index (χ4v) is 3.22. The fraction of sp³-hybridized carbons (Fsp3) is 0.368. The summed E-state index contributed by atoms with van der Waals surface area (Å²) < 4.78 is 12.8. The highest BCUT2D eigenvalue weighted by Gasteiger charge is 2.19. The van der Waals surface area contributed by atoms with Crippen molar-refractivity contribution in [2.45, 2.75) is 20.8 Å². The molecular formula is C19H23NO5S. The molecule has 7 heteroatoms. The maximum Gasteiger partial charge on any atom is 0.268 e. The lowest BCUT2D eigenvalue weighted by Gasteiger charge is -2.12. The number of carbonyl (C=O) groups excluding carboxylic acids is 1. The number of Topliss-reactive ketones (excluding diaryl/α,β-unsaturated/α-hetero) is 1. The third-order valence-corrected chi connectivity index (χ3v) is 4.97. The Hall–Kier alpha value is -2.54.